The quantitative estimate of drug-likeness (QED) is 0.513. The average molecular weight is 459 g/mol. The lowest BCUT2D eigenvalue weighted by Crippen LogP contribution is -2.27. The molecule has 1 aliphatic carbocycles. The van der Waals surface area contributed by atoms with Crippen LogP contribution in [0.1, 0.15) is 55.5 Å². The highest BCUT2D eigenvalue weighted by Crippen LogP contribution is 2.51. The third kappa shape index (κ3) is 3.89. The molecule has 1 fully saturated rings. The molecule has 6 heteroatoms. The zero-order valence-corrected chi connectivity index (χ0v) is 19.6. The minimum Gasteiger partial charge on any atom is -0.454 e. The lowest BCUT2D eigenvalue weighted by atomic mass is 9.91. The van der Waals surface area contributed by atoms with Gasteiger partial charge in [-0.25, -0.2) is 0 Å². The molecule has 0 unspecified atom stereocenters. The Labute approximate surface area is 200 Å². The third-order valence-corrected chi connectivity index (χ3v) is 6.73. The lowest BCUT2D eigenvalue weighted by molar-refractivity contribution is -0.118. The molecule has 2 amide bonds. The van der Waals surface area contributed by atoms with Crippen LogP contribution in [0.15, 0.2) is 60.7 Å². The van der Waals surface area contributed by atoms with Crippen LogP contribution in [0.25, 0.3) is 11.1 Å². The largest absolute Gasteiger partial charge is 0.454 e. The molecule has 0 atom stereocenters. The van der Waals surface area contributed by atoms with E-state index in [0.717, 1.165) is 41.0 Å². The number of ether oxygens (including phenoxy) is 2. The minimum absolute atomic E-state index is 0. The predicted octanol–water partition coefficient (Wildman–Crippen LogP) is 5.48. The summed E-state index contributed by atoms with van der Waals surface area (Å²) in [5.41, 5.74) is 5.02. The summed E-state index contributed by atoms with van der Waals surface area (Å²) in [6.45, 7) is 4.51. The molecule has 0 bridgehead atoms. The van der Waals surface area contributed by atoms with Gasteiger partial charge in [-0.15, -0.1) is 0 Å². The zero-order valence-electron chi connectivity index (χ0n) is 19.6. The summed E-state index contributed by atoms with van der Waals surface area (Å²) < 4.78 is 10.9. The summed E-state index contributed by atoms with van der Waals surface area (Å²) in [6, 6.07) is 19.4. The Balaban J connectivity index is 0.00000289. The van der Waals surface area contributed by atoms with E-state index in [-0.39, 0.29) is 20.0 Å². The lowest BCUT2D eigenvalue weighted by Gasteiger charge is -2.19. The number of rotatable bonds is 6. The second-order valence-corrected chi connectivity index (χ2v) is 9.22. The summed E-state index contributed by atoms with van der Waals surface area (Å²) in [5.74, 6) is 1.60. The second kappa shape index (κ2) is 8.52. The van der Waals surface area contributed by atoms with Crippen LogP contribution in [0, 0.1) is 0 Å². The van der Waals surface area contributed by atoms with Gasteiger partial charge >= 0.3 is 0 Å². The van der Waals surface area contributed by atoms with Crippen molar-refractivity contribution in [1.82, 2.24) is 5.32 Å². The molecule has 3 aromatic rings. The molecular formula is C28H30N2O4. The van der Waals surface area contributed by atoms with Crippen LogP contribution >= 0.6 is 0 Å². The molecule has 34 heavy (non-hydrogen) atoms. The zero-order chi connectivity index (χ0) is 23.9. The molecule has 2 N–H and O–H groups in total. The van der Waals surface area contributed by atoms with Crippen LogP contribution in [0.2, 0.25) is 0 Å². The second-order valence-electron chi connectivity index (χ2n) is 9.22. The number of hydrogen-bond acceptors (Lipinski definition) is 4. The fraction of sp³-hybridized carbons (Fsp3) is 0.286. The van der Waals surface area contributed by atoms with Crippen molar-refractivity contribution < 1.29 is 20.5 Å². The standard InChI is InChI=1S/C28H28N2O4.H2/c1-17(2)22-10-9-21(15-23(22)18-4-6-19(7-5-18)26(31)29-3)30-27(32)28(12-13-28)20-8-11-24-25(14-20)34-16-33-24;/h4-11,14-15,17H,12-13,16H2,1-3H3,(H,29,31)(H,30,32);1H. The van der Waals surface area contributed by atoms with E-state index in [9.17, 15) is 9.59 Å². The van der Waals surface area contributed by atoms with E-state index in [4.69, 9.17) is 9.47 Å². The monoisotopic (exact) mass is 458 g/mol. The van der Waals surface area contributed by atoms with Gasteiger partial charge in [0.05, 0.1) is 5.41 Å². The molecule has 0 spiro atoms. The maximum absolute atomic E-state index is 13.4. The van der Waals surface area contributed by atoms with Crippen molar-refractivity contribution in [3.8, 4) is 22.6 Å². The van der Waals surface area contributed by atoms with Crippen LogP contribution in [-0.4, -0.2) is 25.7 Å². The minimum atomic E-state index is -0.535. The number of hydrogen-bond donors (Lipinski definition) is 2. The van der Waals surface area contributed by atoms with Gasteiger partial charge in [0.15, 0.2) is 11.5 Å². The molecule has 6 nitrogen and oxygen atoms in total. The first-order valence-corrected chi connectivity index (χ1v) is 11.6. The number of benzene rings is 3. The van der Waals surface area contributed by atoms with Crippen molar-refractivity contribution in [3.63, 3.8) is 0 Å². The van der Waals surface area contributed by atoms with Crippen molar-refractivity contribution in [1.29, 1.82) is 0 Å². The van der Waals surface area contributed by atoms with Crippen LogP contribution in [-0.2, 0) is 10.2 Å². The summed E-state index contributed by atoms with van der Waals surface area (Å²) >= 11 is 0. The summed E-state index contributed by atoms with van der Waals surface area (Å²) in [5, 5.41) is 5.80. The third-order valence-electron chi connectivity index (χ3n) is 6.73. The highest BCUT2D eigenvalue weighted by atomic mass is 16.7. The summed E-state index contributed by atoms with van der Waals surface area (Å²) in [4.78, 5) is 25.3. The van der Waals surface area contributed by atoms with Crippen molar-refractivity contribution in [3.05, 3.63) is 77.4 Å². The smallest absolute Gasteiger partial charge is 0.251 e. The van der Waals surface area contributed by atoms with Gasteiger partial charge in [0.2, 0.25) is 12.7 Å². The van der Waals surface area contributed by atoms with E-state index in [1.54, 1.807) is 7.05 Å². The first kappa shape index (κ1) is 22.0. The summed E-state index contributed by atoms with van der Waals surface area (Å²) in [7, 11) is 1.62. The SMILES string of the molecule is CNC(=O)c1ccc(-c2cc(NC(=O)C3(c4ccc5c(c4)OCO5)CC3)ccc2C(C)C)cc1.[HH]. The normalized spacial score (nSPS) is 15.2. The molecular weight excluding hydrogens is 428 g/mol. The average Bonchev–Trinajstić information content (AvgIpc) is 3.54. The van der Waals surface area contributed by atoms with Crippen LogP contribution in [0.5, 0.6) is 11.5 Å². The molecule has 1 saturated carbocycles. The Hall–Kier alpha value is -3.80. The first-order valence-electron chi connectivity index (χ1n) is 11.6. The number of carbonyl (C=O) groups is 2. The van der Waals surface area contributed by atoms with Crippen molar-refractivity contribution in [2.24, 2.45) is 0 Å². The Bertz CT molecular complexity index is 1270. The molecule has 0 aromatic heterocycles. The van der Waals surface area contributed by atoms with E-state index in [2.05, 4.69) is 30.5 Å². The van der Waals surface area contributed by atoms with Gasteiger partial charge in [-0.2, -0.15) is 0 Å². The van der Waals surface area contributed by atoms with Crippen LogP contribution in [0.4, 0.5) is 5.69 Å². The van der Waals surface area contributed by atoms with Gasteiger partial charge in [-0.05, 0) is 77.4 Å². The number of fused-ring (bicyclic) bond motifs is 1. The van der Waals surface area contributed by atoms with Crippen molar-refractivity contribution >= 4 is 17.5 Å². The molecule has 3 aromatic carbocycles. The van der Waals surface area contributed by atoms with Gasteiger partial charge in [0.1, 0.15) is 0 Å². The molecule has 1 aliphatic heterocycles. The highest BCUT2D eigenvalue weighted by Gasteiger charge is 2.51. The van der Waals surface area contributed by atoms with E-state index < -0.39 is 5.41 Å². The van der Waals surface area contributed by atoms with Gasteiger partial charge in [0, 0.05) is 19.7 Å². The topological polar surface area (TPSA) is 76.7 Å². The Kier molecular flexibility index (Phi) is 5.52. The molecule has 2 aliphatic rings. The van der Waals surface area contributed by atoms with Crippen molar-refractivity contribution in [2.45, 2.75) is 38.0 Å². The van der Waals surface area contributed by atoms with Crippen LogP contribution in [0.3, 0.4) is 0 Å². The number of nitrogens with one attached hydrogen (secondary N) is 2. The molecule has 0 saturated heterocycles. The van der Waals surface area contributed by atoms with E-state index in [1.807, 2.05) is 54.6 Å². The maximum Gasteiger partial charge on any atom is 0.251 e. The Morgan fingerprint density at radius 3 is 2.35 bits per heavy atom. The Morgan fingerprint density at radius 2 is 1.68 bits per heavy atom. The molecule has 0 radical (unpaired) electrons. The van der Waals surface area contributed by atoms with Crippen molar-refractivity contribution in [2.75, 3.05) is 19.2 Å². The van der Waals surface area contributed by atoms with Gasteiger partial charge in [-0.1, -0.05) is 38.1 Å². The predicted molar refractivity (Wildman–Crippen MR) is 134 cm³/mol. The first-order chi connectivity index (χ1) is 16.4. The number of anilines is 1. The van der Waals surface area contributed by atoms with Gasteiger partial charge in [-0.3, -0.25) is 9.59 Å². The molecule has 5 rings (SSSR count). The van der Waals surface area contributed by atoms with Gasteiger partial charge < -0.3 is 20.1 Å². The highest BCUT2D eigenvalue weighted by molar-refractivity contribution is 6.02. The number of carbonyl (C=O) groups excluding carboxylic acids is 2. The maximum atomic E-state index is 13.4. The molecule has 1 heterocycles. The Morgan fingerprint density at radius 1 is 0.941 bits per heavy atom. The summed E-state index contributed by atoms with van der Waals surface area (Å²) in [6.07, 6.45) is 1.60. The van der Waals surface area contributed by atoms with Crippen LogP contribution < -0.4 is 20.1 Å². The number of amides is 2. The van der Waals surface area contributed by atoms with Gasteiger partial charge in [0.25, 0.3) is 5.91 Å². The van der Waals surface area contributed by atoms with E-state index >= 15 is 0 Å². The van der Waals surface area contributed by atoms with E-state index in [1.165, 1.54) is 5.56 Å². The fourth-order valence-electron chi connectivity index (χ4n) is 4.55. The fourth-order valence-corrected chi connectivity index (χ4v) is 4.55. The molecule has 176 valence electrons. The van der Waals surface area contributed by atoms with E-state index in [0.29, 0.717) is 17.2 Å².